The Bertz CT molecular complexity index is 518. The second-order valence-corrected chi connectivity index (χ2v) is 5.47. The number of nitrogens with one attached hydrogen (secondary N) is 1. The van der Waals surface area contributed by atoms with Crippen LogP contribution in [-0.2, 0) is 11.8 Å². The topological polar surface area (TPSA) is 70.7 Å². The van der Waals surface area contributed by atoms with Crippen LogP contribution >= 0.6 is 0 Å². The van der Waals surface area contributed by atoms with E-state index in [1.54, 1.807) is 11.7 Å². The summed E-state index contributed by atoms with van der Waals surface area (Å²) in [6, 6.07) is 2.16. The van der Waals surface area contributed by atoms with Crippen LogP contribution in [0.2, 0.25) is 0 Å². The van der Waals surface area contributed by atoms with Crippen LogP contribution in [0.3, 0.4) is 0 Å². The van der Waals surface area contributed by atoms with Gasteiger partial charge in [-0.3, -0.25) is 9.48 Å². The van der Waals surface area contributed by atoms with E-state index < -0.39 is 0 Å². The molecule has 1 aliphatic carbocycles. The van der Waals surface area contributed by atoms with E-state index in [0.29, 0.717) is 11.4 Å². The Balaban J connectivity index is 2.23. The molecule has 2 rings (SSSR count). The summed E-state index contributed by atoms with van der Waals surface area (Å²) in [5.41, 5.74) is 1.35. The molecule has 5 nitrogen and oxygen atoms in total. The fourth-order valence-electron chi connectivity index (χ4n) is 2.80. The molecule has 0 bridgehead atoms. The van der Waals surface area contributed by atoms with Gasteiger partial charge in [0.1, 0.15) is 11.6 Å². The molecule has 0 radical (unpaired) electrons. The average Bonchev–Trinajstić information content (AvgIpc) is 2.96. The Labute approximate surface area is 113 Å². The van der Waals surface area contributed by atoms with Crippen molar-refractivity contribution >= 4 is 11.7 Å². The molecule has 0 aliphatic heterocycles. The van der Waals surface area contributed by atoms with Gasteiger partial charge in [0.05, 0.1) is 5.69 Å². The molecule has 102 valence electrons. The molecule has 0 atom stereocenters. The van der Waals surface area contributed by atoms with Gasteiger partial charge in [-0.2, -0.15) is 10.4 Å². The predicted molar refractivity (Wildman–Crippen MR) is 72.6 cm³/mol. The highest BCUT2D eigenvalue weighted by molar-refractivity contribution is 5.93. The molecule has 1 N–H and O–H groups in total. The van der Waals surface area contributed by atoms with Crippen LogP contribution in [-0.4, -0.2) is 15.7 Å². The Hall–Kier alpha value is -1.83. The van der Waals surface area contributed by atoms with E-state index in [1.807, 2.05) is 13.8 Å². The first-order valence-electron chi connectivity index (χ1n) is 6.82. The summed E-state index contributed by atoms with van der Waals surface area (Å²) in [4.78, 5) is 12.1. The summed E-state index contributed by atoms with van der Waals surface area (Å²) in [5, 5.41) is 16.4. The number of nitrogens with zero attached hydrogens (tertiary/aromatic N) is 3. The summed E-state index contributed by atoms with van der Waals surface area (Å²) in [6.07, 6.45) is 4.11. The fraction of sp³-hybridized carbons (Fsp3) is 0.643. The summed E-state index contributed by atoms with van der Waals surface area (Å²) in [6.45, 7) is 4.03. The molecular formula is C14H20N4O. The summed E-state index contributed by atoms with van der Waals surface area (Å²) >= 11 is 0. The molecule has 1 saturated carbocycles. The molecule has 0 unspecified atom stereocenters. The van der Waals surface area contributed by atoms with Crippen LogP contribution < -0.4 is 5.32 Å². The van der Waals surface area contributed by atoms with Crippen molar-refractivity contribution in [2.75, 3.05) is 5.32 Å². The van der Waals surface area contributed by atoms with E-state index >= 15 is 0 Å². The highest BCUT2D eigenvalue weighted by atomic mass is 16.2. The van der Waals surface area contributed by atoms with Gasteiger partial charge in [0.15, 0.2) is 5.82 Å². The number of aromatic nitrogens is 2. The lowest BCUT2D eigenvalue weighted by molar-refractivity contribution is -0.119. The van der Waals surface area contributed by atoms with Crippen LogP contribution in [0.4, 0.5) is 5.82 Å². The van der Waals surface area contributed by atoms with Gasteiger partial charge in [-0.05, 0) is 18.8 Å². The molecular weight excluding hydrogens is 240 g/mol. The van der Waals surface area contributed by atoms with E-state index in [0.717, 1.165) is 31.4 Å². The number of carbonyl (C=O) groups excluding carboxylic acids is 1. The van der Waals surface area contributed by atoms with Crippen molar-refractivity contribution in [3.8, 4) is 6.07 Å². The third kappa shape index (κ3) is 2.62. The maximum atomic E-state index is 12.1. The predicted octanol–water partition coefficient (Wildman–Crippen LogP) is 2.54. The first-order valence-corrected chi connectivity index (χ1v) is 6.82. The molecule has 1 aromatic heterocycles. The summed E-state index contributed by atoms with van der Waals surface area (Å²) in [7, 11) is 1.81. The molecule has 1 amide bonds. The number of rotatable bonds is 3. The maximum absolute atomic E-state index is 12.1. The summed E-state index contributed by atoms with van der Waals surface area (Å²) < 4.78 is 1.69. The van der Waals surface area contributed by atoms with Crippen molar-refractivity contribution in [1.82, 2.24) is 9.78 Å². The van der Waals surface area contributed by atoms with Gasteiger partial charge >= 0.3 is 0 Å². The van der Waals surface area contributed by atoms with Crippen molar-refractivity contribution < 1.29 is 4.79 Å². The number of carbonyl (C=O) groups is 1. The number of anilines is 1. The number of amides is 1. The molecule has 1 aliphatic rings. The van der Waals surface area contributed by atoms with Gasteiger partial charge in [-0.25, -0.2) is 0 Å². The normalized spacial score (nSPS) is 15.7. The Morgan fingerprint density at radius 1 is 1.47 bits per heavy atom. The molecule has 0 saturated heterocycles. The lowest BCUT2D eigenvalue weighted by Crippen LogP contribution is -2.21. The van der Waals surface area contributed by atoms with Crippen molar-refractivity contribution in [3.05, 3.63) is 11.3 Å². The fourth-order valence-corrected chi connectivity index (χ4v) is 2.80. The van der Waals surface area contributed by atoms with Crippen LogP contribution in [0.5, 0.6) is 0 Å². The van der Waals surface area contributed by atoms with Gasteiger partial charge in [-0.1, -0.05) is 26.7 Å². The maximum Gasteiger partial charge on any atom is 0.228 e. The first-order chi connectivity index (χ1) is 9.04. The van der Waals surface area contributed by atoms with E-state index in [-0.39, 0.29) is 17.7 Å². The highest BCUT2D eigenvalue weighted by Gasteiger charge is 2.26. The van der Waals surface area contributed by atoms with Crippen molar-refractivity contribution in [3.63, 3.8) is 0 Å². The van der Waals surface area contributed by atoms with Gasteiger partial charge in [0.25, 0.3) is 0 Å². The van der Waals surface area contributed by atoms with Crippen LogP contribution in [0, 0.1) is 17.2 Å². The van der Waals surface area contributed by atoms with Crippen LogP contribution in [0.25, 0.3) is 0 Å². The van der Waals surface area contributed by atoms with Gasteiger partial charge in [0, 0.05) is 13.0 Å². The van der Waals surface area contributed by atoms with E-state index in [9.17, 15) is 10.1 Å². The standard InChI is InChI=1S/C14H20N4O/c1-9(2)12-11(8-15)13(17-18(12)3)16-14(19)10-6-4-5-7-10/h9-10H,4-7H2,1-3H3,(H,16,17,19). The smallest absolute Gasteiger partial charge is 0.228 e. The molecule has 1 aromatic rings. The largest absolute Gasteiger partial charge is 0.308 e. The van der Waals surface area contributed by atoms with Crippen molar-refractivity contribution in [2.24, 2.45) is 13.0 Å². The molecule has 5 heteroatoms. The SMILES string of the molecule is CC(C)c1c(C#N)c(NC(=O)C2CCCC2)nn1C. The van der Waals surface area contributed by atoms with Gasteiger partial charge in [-0.15, -0.1) is 0 Å². The lowest BCUT2D eigenvalue weighted by atomic mass is 10.1. The third-order valence-corrected chi connectivity index (χ3v) is 3.72. The Morgan fingerprint density at radius 2 is 2.11 bits per heavy atom. The quantitative estimate of drug-likeness (QED) is 0.907. The first kappa shape index (κ1) is 13.6. The molecule has 0 aromatic carbocycles. The molecule has 19 heavy (non-hydrogen) atoms. The number of nitriles is 1. The molecule has 1 heterocycles. The second kappa shape index (κ2) is 5.43. The minimum Gasteiger partial charge on any atom is -0.308 e. The summed E-state index contributed by atoms with van der Waals surface area (Å²) in [5.74, 6) is 0.688. The van der Waals surface area contributed by atoms with Gasteiger partial charge < -0.3 is 5.32 Å². The third-order valence-electron chi connectivity index (χ3n) is 3.72. The van der Waals surface area contributed by atoms with Crippen molar-refractivity contribution in [2.45, 2.75) is 45.4 Å². The lowest BCUT2D eigenvalue weighted by Gasteiger charge is -2.08. The van der Waals surface area contributed by atoms with Crippen molar-refractivity contribution in [1.29, 1.82) is 5.26 Å². The number of hydrogen-bond donors (Lipinski definition) is 1. The Morgan fingerprint density at radius 3 is 2.63 bits per heavy atom. The second-order valence-electron chi connectivity index (χ2n) is 5.47. The molecule has 1 fully saturated rings. The zero-order valence-corrected chi connectivity index (χ0v) is 11.7. The Kier molecular flexibility index (Phi) is 3.89. The van der Waals surface area contributed by atoms with Crippen LogP contribution in [0.15, 0.2) is 0 Å². The van der Waals surface area contributed by atoms with E-state index in [1.165, 1.54) is 0 Å². The number of aryl methyl sites for hydroxylation is 1. The zero-order valence-electron chi connectivity index (χ0n) is 11.7. The molecule has 0 spiro atoms. The minimum absolute atomic E-state index is 0.00223. The minimum atomic E-state index is 0.00223. The van der Waals surface area contributed by atoms with Crippen LogP contribution in [0.1, 0.15) is 56.7 Å². The van der Waals surface area contributed by atoms with E-state index in [2.05, 4.69) is 16.5 Å². The monoisotopic (exact) mass is 260 g/mol. The van der Waals surface area contributed by atoms with E-state index in [4.69, 9.17) is 0 Å². The average molecular weight is 260 g/mol. The zero-order chi connectivity index (χ0) is 14.0. The number of hydrogen-bond acceptors (Lipinski definition) is 3. The van der Waals surface area contributed by atoms with Gasteiger partial charge in [0.2, 0.25) is 5.91 Å². The highest BCUT2D eigenvalue weighted by Crippen LogP contribution is 2.28.